The first-order valence-corrected chi connectivity index (χ1v) is 4.92. The maximum absolute atomic E-state index is 5.85. The second kappa shape index (κ2) is 4.08. The highest BCUT2D eigenvalue weighted by atomic mass is 35.5. The van der Waals surface area contributed by atoms with E-state index in [0.717, 1.165) is 5.56 Å². The van der Waals surface area contributed by atoms with Gasteiger partial charge in [0.05, 0.1) is 0 Å². The average molecular weight is 244 g/mol. The first-order valence-electron chi connectivity index (χ1n) is 4.17. The van der Waals surface area contributed by atoms with E-state index in [1.807, 2.05) is 0 Å². The van der Waals surface area contributed by atoms with Gasteiger partial charge in [-0.05, 0) is 18.2 Å². The Balaban J connectivity index is 2.44. The lowest BCUT2D eigenvalue weighted by Crippen LogP contribution is -1.87. The highest BCUT2D eigenvalue weighted by Gasteiger charge is 2.08. The molecule has 1 aromatic carbocycles. The molecule has 0 aliphatic heterocycles. The average Bonchev–Trinajstić information content (AvgIpc) is 2.64. The van der Waals surface area contributed by atoms with Gasteiger partial charge in [-0.25, -0.2) is 0 Å². The fourth-order valence-electron chi connectivity index (χ4n) is 1.13. The largest absolute Gasteiger partial charge is 0.341 e. The molecule has 15 heavy (non-hydrogen) atoms. The van der Waals surface area contributed by atoms with Gasteiger partial charge in [0.25, 0.3) is 0 Å². The van der Waals surface area contributed by atoms with Crippen LogP contribution in [0.5, 0.6) is 0 Å². The topological polar surface area (TPSA) is 51.0 Å². The summed E-state index contributed by atoms with van der Waals surface area (Å²) in [4.78, 5) is 4.08. The summed E-state index contributed by atoms with van der Waals surface area (Å²) in [5.74, 6) is 0.448. The summed E-state index contributed by atoms with van der Waals surface area (Å²) in [7, 11) is 1.70. The molecule has 0 fully saturated rings. The van der Waals surface area contributed by atoms with Crippen LogP contribution in [-0.2, 0) is 0 Å². The van der Waals surface area contributed by atoms with Gasteiger partial charge in [0.15, 0.2) is 0 Å². The number of rotatable bonds is 2. The van der Waals surface area contributed by atoms with Crippen LogP contribution in [0.25, 0.3) is 11.4 Å². The van der Waals surface area contributed by atoms with Crippen molar-refractivity contribution in [2.45, 2.75) is 0 Å². The number of nitrogens with one attached hydrogen (secondary N) is 1. The minimum atomic E-state index is 0.348. The van der Waals surface area contributed by atoms with E-state index in [9.17, 15) is 0 Å². The monoisotopic (exact) mass is 243 g/mol. The third-order valence-corrected chi connectivity index (χ3v) is 2.20. The van der Waals surface area contributed by atoms with Crippen LogP contribution >= 0.6 is 23.2 Å². The standard InChI is InChI=1S/C9H7Cl2N3O/c1-12-9-13-8(14-15-9)5-2-6(10)4-7(11)3-5/h2-4H,1H3,(H,12,13,14). The van der Waals surface area contributed by atoms with Crippen molar-refractivity contribution in [2.75, 3.05) is 12.4 Å². The van der Waals surface area contributed by atoms with Crippen LogP contribution in [0.15, 0.2) is 22.7 Å². The van der Waals surface area contributed by atoms with Crippen LogP contribution in [0.2, 0.25) is 10.0 Å². The van der Waals surface area contributed by atoms with E-state index in [1.165, 1.54) is 0 Å². The fraction of sp³-hybridized carbons (Fsp3) is 0.111. The van der Waals surface area contributed by atoms with Crippen molar-refractivity contribution in [3.63, 3.8) is 0 Å². The molecule has 1 heterocycles. The molecule has 0 aliphatic rings. The molecule has 0 aliphatic carbocycles. The molecule has 0 radical (unpaired) electrons. The number of anilines is 1. The van der Waals surface area contributed by atoms with Gasteiger partial charge in [0.2, 0.25) is 5.82 Å². The third kappa shape index (κ3) is 2.22. The van der Waals surface area contributed by atoms with Crippen molar-refractivity contribution in [3.8, 4) is 11.4 Å². The van der Waals surface area contributed by atoms with Gasteiger partial charge in [-0.15, -0.1) is 0 Å². The van der Waals surface area contributed by atoms with Crippen molar-refractivity contribution >= 4 is 29.2 Å². The molecule has 2 aromatic rings. The number of hydrogen-bond acceptors (Lipinski definition) is 4. The number of benzene rings is 1. The summed E-state index contributed by atoms with van der Waals surface area (Å²) in [5, 5.41) is 7.58. The Bertz CT molecular complexity index is 464. The molecular weight excluding hydrogens is 237 g/mol. The van der Waals surface area contributed by atoms with E-state index in [0.29, 0.717) is 21.9 Å². The van der Waals surface area contributed by atoms with Crippen molar-refractivity contribution in [1.29, 1.82) is 0 Å². The minimum Gasteiger partial charge on any atom is -0.341 e. The highest BCUT2D eigenvalue weighted by Crippen LogP contribution is 2.25. The third-order valence-electron chi connectivity index (χ3n) is 1.76. The molecule has 1 aromatic heterocycles. The van der Waals surface area contributed by atoms with Gasteiger partial charge in [-0.2, -0.15) is 4.98 Å². The van der Waals surface area contributed by atoms with E-state index < -0.39 is 0 Å². The predicted octanol–water partition coefficient (Wildman–Crippen LogP) is 3.09. The van der Waals surface area contributed by atoms with Gasteiger partial charge in [0, 0.05) is 22.7 Å². The molecule has 4 nitrogen and oxygen atoms in total. The molecule has 0 saturated heterocycles. The Morgan fingerprint density at radius 1 is 1.20 bits per heavy atom. The lowest BCUT2D eigenvalue weighted by atomic mass is 10.2. The van der Waals surface area contributed by atoms with Crippen LogP contribution in [0.4, 0.5) is 6.01 Å². The lowest BCUT2D eigenvalue weighted by Gasteiger charge is -1.96. The van der Waals surface area contributed by atoms with Crippen LogP contribution in [0.3, 0.4) is 0 Å². The van der Waals surface area contributed by atoms with E-state index >= 15 is 0 Å². The summed E-state index contributed by atoms with van der Waals surface area (Å²) in [5.41, 5.74) is 0.720. The quantitative estimate of drug-likeness (QED) is 0.881. The maximum atomic E-state index is 5.85. The van der Waals surface area contributed by atoms with Crippen molar-refractivity contribution in [2.24, 2.45) is 0 Å². The van der Waals surface area contributed by atoms with Gasteiger partial charge in [-0.3, -0.25) is 0 Å². The molecule has 1 N–H and O–H groups in total. The van der Waals surface area contributed by atoms with E-state index in [2.05, 4.69) is 15.5 Å². The van der Waals surface area contributed by atoms with Crippen LogP contribution < -0.4 is 5.32 Å². The van der Waals surface area contributed by atoms with Crippen LogP contribution in [0, 0.1) is 0 Å². The van der Waals surface area contributed by atoms with Gasteiger partial charge in [-0.1, -0.05) is 28.4 Å². The molecule has 0 spiro atoms. The van der Waals surface area contributed by atoms with Crippen LogP contribution in [-0.4, -0.2) is 17.2 Å². The number of nitrogens with zero attached hydrogens (tertiary/aromatic N) is 2. The molecule has 0 atom stereocenters. The molecule has 0 bridgehead atoms. The molecule has 0 unspecified atom stereocenters. The highest BCUT2D eigenvalue weighted by molar-refractivity contribution is 6.35. The molecule has 78 valence electrons. The minimum absolute atomic E-state index is 0.348. The summed E-state index contributed by atoms with van der Waals surface area (Å²) < 4.78 is 4.89. The van der Waals surface area contributed by atoms with E-state index in [-0.39, 0.29) is 0 Å². The Morgan fingerprint density at radius 3 is 2.40 bits per heavy atom. The summed E-state index contributed by atoms with van der Waals surface area (Å²) >= 11 is 11.7. The number of aromatic nitrogens is 2. The van der Waals surface area contributed by atoms with Gasteiger partial charge < -0.3 is 9.84 Å². The van der Waals surface area contributed by atoms with Crippen molar-refractivity contribution in [1.82, 2.24) is 10.1 Å². The van der Waals surface area contributed by atoms with E-state index in [4.69, 9.17) is 27.7 Å². The first-order chi connectivity index (χ1) is 7.19. The zero-order valence-electron chi connectivity index (χ0n) is 7.79. The Labute approximate surface area is 96.2 Å². The Morgan fingerprint density at radius 2 is 1.87 bits per heavy atom. The Hall–Kier alpha value is -1.26. The fourth-order valence-corrected chi connectivity index (χ4v) is 1.65. The zero-order valence-corrected chi connectivity index (χ0v) is 9.30. The zero-order chi connectivity index (χ0) is 10.8. The first kappa shape index (κ1) is 10.3. The summed E-state index contributed by atoms with van der Waals surface area (Å²) in [6.45, 7) is 0. The molecule has 6 heteroatoms. The van der Waals surface area contributed by atoms with Gasteiger partial charge in [0.1, 0.15) is 0 Å². The van der Waals surface area contributed by atoms with E-state index in [1.54, 1.807) is 25.2 Å². The molecule has 0 saturated carbocycles. The SMILES string of the molecule is CNc1nc(-c2cc(Cl)cc(Cl)c2)no1. The van der Waals surface area contributed by atoms with Crippen molar-refractivity contribution < 1.29 is 4.52 Å². The smallest absolute Gasteiger partial charge is 0.321 e. The normalized spacial score (nSPS) is 10.3. The van der Waals surface area contributed by atoms with Crippen molar-refractivity contribution in [3.05, 3.63) is 28.2 Å². The maximum Gasteiger partial charge on any atom is 0.321 e. The molecular formula is C9H7Cl2N3O. The second-order valence-corrected chi connectivity index (χ2v) is 3.70. The summed E-state index contributed by atoms with van der Waals surface area (Å²) in [6.07, 6.45) is 0. The number of hydrogen-bond donors (Lipinski definition) is 1. The molecule has 0 amide bonds. The van der Waals surface area contributed by atoms with Gasteiger partial charge >= 0.3 is 6.01 Å². The summed E-state index contributed by atoms with van der Waals surface area (Å²) in [6, 6.07) is 5.43. The lowest BCUT2D eigenvalue weighted by molar-refractivity contribution is 0.434. The predicted molar refractivity (Wildman–Crippen MR) is 59.3 cm³/mol. The second-order valence-electron chi connectivity index (χ2n) is 2.83. The molecule has 2 rings (SSSR count). The number of halogens is 2. The Kier molecular flexibility index (Phi) is 2.79. The van der Waals surface area contributed by atoms with Crippen LogP contribution in [0.1, 0.15) is 0 Å².